The Kier molecular flexibility index (Phi) is 6.11. The molecule has 1 aliphatic heterocycles. The Bertz CT molecular complexity index is 1100. The first-order valence-electron chi connectivity index (χ1n) is 9.68. The van der Waals surface area contributed by atoms with Crippen molar-refractivity contribution in [1.82, 2.24) is 29.6 Å². The van der Waals surface area contributed by atoms with Crippen molar-refractivity contribution in [2.75, 3.05) is 19.8 Å². The molecular weight excluding hydrogens is 449 g/mol. The maximum Gasteiger partial charge on any atom is 0.416 e. The molecule has 3 heterocycles. The highest BCUT2D eigenvalue weighted by Gasteiger charge is 2.35. The van der Waals surface area contributed by atoms with Gasteiger partial charge in [-0.05, 0) is 31.2 Å². The van der Waals surface area contributed by atoms with Gasteiger partial charge in [-0.2, -0.15) is 23.0 Å². The van der Waals surface area contributed by atoms with Gasteiger partial charge >= 0.3 is 6.18 Å². The number of carbonyl (C=O) groups excluding carboxylic acids is 1. The third-order valence-corrected chi connectivity index (χ3v) is 5.27. The van der Waals surface area contributed by atoms with Crippen molar-refractivity contribution in [3.63, 3.8) is 0 Å². The summed E-state index contributed by atoms with van der Waals surface area (Å²) in [5.74, 6) is 0.0594. The summed E-state index contributed by atoms with van der Waals surface area (Å²) >= 11 is 5.90. The minimum absolute atomic E-state index is 0.0482. The zero-order chi connectivity index (χ0) is 22.9. The molecule has 1 aromatic carbocycles. The van der Waals surface area contributed by atoms with Crippen LogP contribution in [-0.2, 0) is 10.9 Å². The van der Waals surface area contributed by atoms with Crippen LogP contribution in [0.3, 0.4) is 0 Å². The maximum atomic E-state index is 13.4. The Hall–Kier alpha value is -3.05. The molecule has 1 saturated heterocycles. The molecule has 12 heteroatoms. The summed E-state index contributed by atoms with van der Waals surface area (Å²) in [6, 6.07) is 3.81. The lowest BCUT2D eigenvalue weighted by Crippen LogP contribution is -2.44. The Morgan fingerprint density at radius 2 is 1.97 bits per heavy atom. The van der Waals surface area contributed by atoms with Crippen molar-refractivity contribution in [2.45, 2.75) is 19.1 Å². The summed E-state index contributed by atoms with van der Waals surface area (Å²) < 4.78 is 46.4. The second-order valence-corrected chi connectivity index (χ2v) is 7.78. The molecule has 2 aromatic heterocycles. The second kappa shape index (κ2) is 8.83. The summed E-state index contributed by atoms with van der Waals surface area (Å²) in [5, 5.41) is 3.97. The van der Waals surface area contributed by atoms with Crippen LogP contribution in [0.25, 0.3) is 5.95 Å². The average molecular weight is 467 g/mol. The van der Waals surface area contributed by atoms with Crippen LogP contribution in [0.4, 0.5) is 13.2 Å². The Balaban J connectivity index is 1.70. The molecule has 1 fully saturated rings. The highest BCUT2D eigenvalue weighted by atomic mass is 35.5. The van der Waals surface area contributed by atoms with Gasteiger partial charge < -0.3 is 9.64 Å². The van der Waals surface area contributed by atoms with E-state index in [1.807, 2.05) is 0 Å². The van der Waals surface area contributed by atoms with E-state index in [0.29, 0.717) is 19.0 Å². The van der Waals surface area contributed by atoms with Gasteiger partial charge in [0.25, 0.3) is 11.9 Å². The van der Waals surface area contributed by atoms with Crippen LogP contribution in [0, 0.1) is 5.92 Å². The summed E-state index contributed by atoms with van der Waals surface area (Å²) in [6.07, 6.45) is -0.253. The normalized spacial score (nSPS) is 15.3. The average Bonchev–Trinajstić information content (AvgIpc) is 3.22. The highest BCUT2D eigenvalue weighted by Crippen LogP contribution is 2.33. The monoisotopic (exact) mass is 466 g/mol. The summed E-state index contributed by atoms with van der Waals surface area (Å²) in [7, 11) is 0. The van der Waals surface area contributed by atoms with Crippen molar-refractivity contribution < 1.29 is 22.7 Å². The summed E-state index contributed by atoms with van der Waals surface area (Å²) in [4.78, 5) is 27.4. The van der Waals surface area contributed by atoms with Gasteiger partial charge in [-0.1, -0.05) is 11.6 Å². The van der Waals surface area contributed by atoms with Crippen LogP contribution in [0.1, 0.15) is 34.7 Å². The van der Waals surface area contributed by atoms with Crippen LogP contribution >= 0.6 is 11.6 Å². The Labute approximate surface area is 186 Å². The van der Waals surface area contributed by atoms with E-state index in [1.54, 1.807) is 13.0 Å². The number of amides is 1. The van der Waals surface area contributed by atoms with Crippen LogP contribution in [0.15, 0.2) is 43.0 Å². The number of aromatic nitrogens is 5. The van der Waals surface area contributed by atoms with Gasteiger partial charge in [0.1, 0.15) is 6.33 Å². The standard InChI is InChI=1S/C20H18ClF3N6O2/c1-12(17-27-11-28-30(17)19-25-3-2-4-26-19)29(8-13-9-32-10-13)18(31)14-5-15(20(22,23)24)7-16(21)6-14/h2-7,11-13H,8-10H2,1H3. The van der Waals surface area contributed by atoms with E-state index in [0.717, 1.165) is 12.1 Å². The summed E-state index contributed by atoms with van der Waals surface area (Å²) in [5.41, 5.74) is -1.16. The number of hydrogen-bond acceptors (Lipinski definition) is 6. The second-order valence-electron chi connectivity index (χ2n) is 7.34. The molecule has 1 amide bonds. The molecule has 32 heavy (non-hydrogen) atoms. The fourth-order valence-electron chi connectivity index (χ4n) is 3.36. The molecule has 0 spiro atoms. The Morgan fingerprint density at radius 3 is 2.59 bits per heavy atom. The molecule has 0 aliphatic carbocycles. The number of rotatable bonds is 6. The number of halogens is 4. The Morgan fingerprint density at radius 1 is 1.25 bits per heavy atom. The largest absolute Gasteiger partial charge is 0.416 e. The molecule has 0 N–H and O–H groups in total. The smallest absolute Gasteiger partial charge is 0.381 e. The predicted octanol–water partition coefficient (Wildman–Crippen LogP) is 3.58. The van der Waals surface area contributed by atoms with Crippen molar-refractivity contribution in [3.8, 4) is 5.95 Å². The molecule has 0 radical (unpaired) electrons. The first kappa shape index (κ1) is 22.2. The highest BCUT2D eigenvalue weighted by molar-refractivity contribution is 6.31. The van der Waals surface area contributed by atoms with E-state index in [2.05, 4.69) is 20.1 Å². The minimum atomic E-state index is -4.64. The van der Waals surface area contributed by atoms with Crippen LogP contribution in [0.2, 0.25) is 5.02 Å². The fourth-order valence-corrected chi connectivity index (χ4v) is 3.59. The number of hydrogen-bond donors (Lipinski definition) is 0. The molecule has 168 valence electrons. The van der Waals surface area contributed by atoms with E-state index in [1.165, 1.54) is 34.4 Å². The van der Waals surface area contributed by atoms with E-state index >= 15 is 0 Å². The van der Waals surface area contributed by atoms with Crippen LogP contribution in [-0.4, -0.2) is 55.3 Å². The lowest BCUT2D eigenvalue weighted by atomic mass is 10.0. The molecule has 1 unspecified atom stereocenters. The first-order valence-corrected chi connectivity index (χ1v) is 10.1. The molecule has 3 aromatic rings. The van der Waals surface area contributed by atoms with Gasteiger partial charge in [0.05, 0.1) is 24.8 Å². The molecule has 4 rings (SSSR count). The number of nitrogens with zero attached hydrogens (tertiary/aromatic N) is 6. The maximum absolute atomic E-state index is 13.4. The van der Waals surface area contributed by atoms with E-state index in [4.69, 9.17) is 16.3 Å². The predicted molar refractivity (Wildman–Crippen MR) is 107 cm³/mol. The van der Waals surface area contributed by atoms with Crippen molar-refractivity contribution in [1.29, 1.82) is 0 Å². The molecule has 1 aliphatic rings. The molecule has 8 nitrogen and oxygen atoms in total. The molecule has 1 atom stereocenters. The zero-order valence-corrected chi connectivity index (χ0v) is 17.6. The van der Waals surface area contributed by atoms with Gasteiger partial charge in [-0.15, -0.1) is 0 Å². The lowest BCUT2D eigenvalue weighted by Gasteiger charge is -2.35. The van der Waals surface area contributed by atoms with Crippen molar-refractivity contribution in [3.05, 3.63) is 65.0 Å². The third-order valence-electron chi connectivity index (χ3n) is 5.05. The van der Waals surface area contributed by atoms with Crippen molar-refractivity contribution >= 4 is 17.5 Å². The summed E-state index contributed by atoms with van der Waals surface area (Å²) in [6.45, 7) is 2.88. The fraction of sp³-hybridized carbons (Fsp3) is 0.350. The first-order chi connectivity index (χ1) is 15.2. The van der Waals surface area contributed by atoms with Gasteiger partial charge in [-0.3, -0.25) is 4.79 Å². The van der Waals surface area contributed by atoms with Gasteiger partial charge in [0.2, 0.25) is 0 Å². The number of ether oxygens (including phenoxy) is 1. The van der Waals surface area contributed by atoms with Gasteiger partial charge in [-0.25, -0.2) is 15.0 Å². The molecular formula is C20H18ClF3N6O2. The number of carbonyl (C=O) groups is 1. The van der Waals surface area contributed by atoms with Crippen molar-refractivity contribution in [2.24, 2.45) is 5.92 Å². The van der Waals surface area contributed by atoms with Crippen LogP contribution in [0.5, 0.6) is 0 Å². The minimum Gasteiger partial charge on any atom is -0.381 e. The quantitative estimate of drug-likeness (QED) is 0.552. The number of benzene rings is 1. The van der Waals surface area contributed by atoms with E-state index in [-0.39, 0.29) is 29.0 Å². The van der Waals surface area contributed by atoms with E-state index in [9.17, 15) is 18.0 Å². The zero-order valence-electron chi connectivity index (χ0n) is 16.8. The molecule has 0 bridgehead atoms. The third kappa shape index (κ3) is 4.58. The number of alkyl halides is 3. The van der Waals surface area contributed by atoms with Gasteiger partial charge in [0.15, 0.2) is 5.82 Å². The molecule has 0 saturated carbocycles. The lowest BCUT2D eigenvalue weighted by molar-refractivity contribution is -0.137. The SMILES string of the molecule is CC(c1ncnn1-c1ncccn1)N(CC1COC1)C(=O)c1cc(Cl)cc(C(F)(F)F)c1. The van der Waals surface area contributed by atoms with E-state index < -0.39 is 23.7 Å². The van der Waals surface area contributed by atoms with Gasteiger partial charge in [0, 0.05) is 35.4 Å². The topological polar surface area (TPSA) is 86.0 Å². The van der Waals surface area contributed by atoms with Crippen LogP contribution < -0.4 is 0 Å².